The Bertz CT molecular complexity index is 647. The van der Waals surface area contributed by atoms with E-state index in [1.54, 1.807) is 11.8 Å². The molecule has 5 heteroatoms. The summed E-state index contributed by atoms with van der Waals surface area (Å²) in [4.78, 5) is 23.7. The monoisotopic (exact) mass is 342 g/mol. The molecule has 0 unspecified atom stereocenters. The van der Waals surface area contributed by atoms with Gasteiger partial charge in [-0.3, -0.25) is 9.59 Å². The normalized spacial score (nSPS) is 11.5. The Kier molecular flexibility index (Phi) is 7.36. The highest BCUT2D eigenvalue weighted by atomic mass is 32.2. The summed E-state index contributed by atoms with van der Waals surface area (Å²) in [5, 5.41) is 5.58. The number of thioether (sulfide) groups is 1. The van der Waals surface area contributed by atoms with Crippen LogP contribution in [0.15, 0.2) is 60.7 Å². The number of benzene rings is 2. The van der Waals surface area contributed by atoms with Crippen molar-refractivity contribution in [1.82, 2.24) is 5.32 Å². The zero-order valence-corrected chi connectivity index (χ0v) is 14.5. The molecule has 0 saturated heterocycles. The van der Waals surface area contributed by atoms with E-state index in [-0.39, 0.29) is 11.8 Å². The number of amides is 2. The summed E-state index contributed by atoms with van der Waals surface area (Å²) in [6, 6.07) is 18.9. The second-order valence-corrected chi connectivity index (χ2v) is 6.54. The molecule has 4 nitrogen and oxygen atoms in total. The van der Waals surface area contributed by atoms with Crippen molar-refractivity contribution in [3.8, 4) is 0 Å². The van der Waals surface area contributed by atoms with E-state index in [0.29, 0.717) is 6.42 Å². The maximum absolute atomic E-state index is 12.4. The molecule has 0 saturated carbocycles. The number of hydrogen-bond acceptors (Lipinski definition) is 3. The summed E-state index contributed by atoms with van der Waals surface area (Å²) in [6.45, 7) is 1.43. The van der Waals surface area contributed by atoms with Gasteiger partial charge in [-0.2, -0.15) is 11.8 Å². The highest BCUT2D eigenvalue weighted by molar-refractivity contribution is 7.98. The van der Waals surface area contributed by atoms with Crippen LogP contribution in [0, 0.1) is 0 Å². The van der Waals surface area contributed by atoms with E-state index in [1.807, 2.05) is 48.5 Å². The molecule has 0 heterocycles. The first kappa shape index (κ1) is 18.1. The van der Waals surface area contributed by atoms with Crippen LogP contribution < -0.4 is 10.6 Å². The minimum Gasteiger partial charge on any atom is -0.345 e. The third-order valence-electron chi connectivity index (χ3n) is 3.40. The minimum absolute atomic E-state index is 0.184. The van der Waals surface area contributed by atoms with Crippen LogP contribution in [0.2, 0.25) is 0 Å². The van der Waals surface area contributed by atoms with E-state index >= 15 is 0 Å². The topological polar surface area (TPSA) is 58.2 Å². The fourth-order valence-electron chi connectivity index (χ4n) is 2.23. The first-order chi connectivity index (χ1) is 11.6. The second-order valence-electron chi connectivity index (χ2n) is 5.44. The molecule has 2 aromatic carbocycles. The fourth-order valence-corrected chi connectivity index (χ4v) is 3.21. The van der Waals surface area contributed by atoms with Crippen molar-refractivity contribution in [2.75, 3.05) is 11.1 Å². The van der Waals surface area contributed by atoms with Crippen molar-refractivity contribution in [2.24, 2.45) is 0 Å². The number of anilines is 1. The molecule has 0 aliphatic heterocycles. The van der Waals surface area contributed by atoms with Crippen LogP contribution in [0.25, 0.3) is 0 Å². The summed E-state index contributed by atoms with van der Waals surface area (Å²) in [5.74, 6) is 1.31. The molecular weight excluding hydrogens is 320 g/mol. The van der Waals surface area contributed by atoms with Gasteiger partial charge >= 0.3 is 0 Å². The lowest BCUT2D eigenvalue weighted by atomic mass is 10.2. The van der Waals surface area contributed by atoms with Gasteiger partial charge < -0.3 is 10.6 Å². The Morgan fingerprint density at radius 3 is 2.25 bits per heavy atom. The van der Waals surface area contributed by atoms with Crippen molar-refractivity contribution < 1.29 is 9.59 Å². The first-order valence-electron chi connectivity index (χ1n) is 7.90. The number of rotatable bonds is 8. The van der Waals surface area contributed by atoms with E-state index in [0.717, 1.165) is 17.2 Å². The Labute approximate surface area is 147 Å². The smallest absolute Gasteiger partial charge is 0.246 e. The van der Waals surface area contributed by atoms with Gasteiger partial charge in [-0.1, -0.05) is 48.5 Å². The van der Waals surface area contributed by atoms with Crippen LogP contribution in [0.5, 0.6) is 0 Å². The molecule has 0 spiro atoms. The van der Waals surface area contributed by atoms with Gasteiger partial charge in [0.25, 0.3) is 0 Å². The third-order valence-corrected chi connectivity index (χ3v) is 4.46. The standard InChI is InChI=1S/C19H22N2O2S/c1-15(22)20-18(19(23)21-17-10-6-3-7-11-17)12-13-24-14-16-8-4-2-5-9-16/h2-11,18H,12-14H2,1H3,(H,20,22)(H,21,23)/t18-/m0/s1. The van der Waals surface area contributed by atoms with Crippen LogP contribution in [-0.4, -0.2) is 23.6 Å². The van der Waals surface area contributed by atoms with E-state index in [2.05, 4.69) is 22.8 Å². The van der Waals surface area contributed by atoms with E-state index in [1.165, 1.54) is 12.5 Å². The molecule has 1 atom stereocenters. The number of carbonyl (C=O) groups is 2. The van der Waals surface area contributed by atoms with Gasteiger partial charge in [-0.25, -0.2) is 0 Å². The first-order valence-corrected chi connectivity index (χ1v) is 9.05. The molecule has 0 aromatic heterocycles. The van der Waals surface area contributed by atoms with E-state index in [4.69, 9.17) is 0 Å². The third kappa shape index (κ3) is 6.46. The molecule has 24 heavy (non-hydrogen) atoms. The molecule has 0 radical (unpaired) electrons. The highest BCUT2D eigenvalue weighted by Gasteiger charge is 2.19. The zero-order chi connectivity index (χ0) is 17.2. The van der Waals surface area contributed by atoms with Crippen LogP contribution in [0.4, 0.5) is 5.69 Å². The molecule has 2 rings (SSSR count). The maximum atomic E-state index is 12.4. The van der Waals surface area contributed by atoms with Gasteiger partial charge in [-0.15, -0.1) is 0 Å². The molecule has 0 fully saturated rings. The summed E-state index contributed by atoms with van der Waals surface area (Å²) in [6.07, 6.45) is 0.593. The van der Waals surface area contributed by atoms with E-state index < -0.39 is 6.04 Å². The molecule has 0 aliphatic rings. The average molecular weight is 342 g/mol. The molecule has 2 N–H and O–H groups in total. The Morgan fingerprint density at radius 1 is 1.00 bits per heavy atom. The van der Waals surface area contributed by atoms with Crippen LogP contribution in [0.1, 0.15) is 18.9 Å². The fraction of sp³-hybridized carbons (Fsp3) is 0.263. The Hall–Kier alpha value is -2.27. The van der Waals surface area contributed by atoms with Crippen molar-refractivity contribution in [3.05, 3.63) is 66.2 Å². The maximum Gasteiger partial charge on any atom is 0.246 e. The van der Waals surface area contributed by atoms with Crippen molar-refractivity contribution in [2.45, 2.75) is 25.1 Å². The van der Waals surface area contributed by atoms with Crippen molar-refractivity contribution in [1.29, 1.82) is 0 Å². The van der Waals surface area contributed by atoms with Gasteiger partial charge in [0.1, 0.15) is 6.04 Å². The summed E-state index contributed by atoms with van der Waals surface area (Å²) < 4.78 is 0. The molecule has 0 bridgehead atoms. The Morgan fingerprint density at radius 2 is 1.62 bits per heavy atom. The lowest BCUT2D eigenvalue weighted by Crippen LogP contribution is -2.43. The molecule has 126 valence electrons. The van der Waals surface area contributed by atoms with E-state index in [9.17, 15) is 9.59 Å². The summed E-state index contributed by atoms with van der Waals surface area (Å²) >= 11 is 1.75. The van der Waals surface area contributed by atoms with Gasteiger partial charge in [-0.05, 0) is 29.9 Å². The lowest BCUT2D eigenvalue weighted by molar-refractivity contribution is -0.125. The molecule has 2 amide bonds. The van der Waals surface area contributed by atoms with Gasteiger partial charge in [0.05, 0.1) is 0 Å². The lowest BCUT2D eigenvalue weighted by Gasteiger charge is -2.17. The van der Waals surface area contributed by atoms with Gasteiger partial charge in [0.2, 0.25) is 11.8 Å². The summed E-state index contributed by atoms with van der Waals surface area (Å²) in [5.41, 5.74) is 1.99. The number of nitrogens with one attached hydrogen (secondary N) is 2. The molecule has 2 aromatic rings. The molecular formula is C19H22N2O2S. The predicted molar refractivity (Wildman–Crippen MR) is 99.9 cm³/mol. The highest BCUT2D eigenvalue weighted by Crippen LogP contribution is 2.14. The van der Waals surface area contributed by atoms with Crippen LogP contribution in [-0.2, 0) is 15.3 Å². The quantitative estimate of drug-likeness (QED) is 0.723. The van der Waals surface area contributed by atoms with Crippen molar-refractivity contribution in [3.63, 3.8) is 0 Å². The number of hydrogen-bond donors (Lipinski definition) is 2. The number of carbonyl (C=O) groups excluding carboxylic acids is 2. The molecule has 0 aliphatic carbocycles. The average Bonchev–Trinajstić information content (AvgIpc) is 2.59. The van der Waals surface area contributed by atoms with Gasteiger partial charge in [0, 0.05) is 18.4 Å². The van der Waals surface area contributed by atoms with Crippen LogP contribution in [0.3, 0.4) is 0 Å². The largest absolute Gasteiger partial charge is 0.345 e. The van der Waals surface area contributed by atoms with Crippen molar-refractivity contribution >= 4 is 29.3 Å². The second kappa shape index (κ2) is 9.78. The zero-order valence-electron chi connectivity index (χ0n) is 13.7. The van der Waals surface area contributed by atoms with Crippen LogP contribution >= 0.6 is 11.8 Å². The minimum atomic E-state index is -0.522. The predicted octanol–water partition coefficient (Wildman–Crippen LogP) is 3.45. The summed E-state index contributed by atoms with van der Waals surface area (Å²) in [7, 11) is 0. The van der Waals surface area contributed by atoms with Gasteiger partial charge in [0.15, 0.2) is 0 Å². The number of para-hydroxylation sites is 1. The Balaban J connectivity index is 1.83. The SMILES string of the molecule is CC(=O)N[C@@H](CCSCc1ccccc1)C(=O)Nc1ccccc1.